The minimum absolute atomic E-state index is 0.317. The first-order valence-electron chi connectivity index (χ1n) is 6.98. The standard InChI is InChI=1S/C15H16N4O2S2/c1-19(2)15-16-14(18-22-15)10-23(20)9-12-8-13(21-17-12)11-6-4-3-5-7-11/h3-8H,9-10H2,1-2H3. The summed E-state index contributed by atoms with van der Waals surface area (Å²) < 4.78 is 21.8. The van der Waals surface area contributed by atoms with Gasteiger partial charge in [0.25, 0.3) is 0 Å². The van der Waals surface area contributed by atoms with E-state index in [9.17, 15) is 4.21 Å². The first kappa shape index (κ1) is 15.8. The Balaban J connectivity index is 1.63. The van der Waals surface area contributed by atoms with Gasteiger partial charge in [-0.15, -0.1) is 0 Å². The van der Waals surface area contributed by atoms with Gasteiger partial charge in [-0.3, -0.25) is 4.21 Å². The van der Waals surface area contributed by atoms with E-state index in [-0.39, 0.29) is 0 Å². The fraction of sp³-hybridized carbons (Fsp3) is 0.267. The van der Waals surface area contributed by atoms with Crippen LogP contribution in [0.5, 0.6) is 0 Å². The highest BCUT2D eigenvalue weighted by molar-refractivity contribution is 7.83. The molecule has 0 aliphatic carbocycles. The van der Waals surface area contributed by atoms with Crippen molar-refractivity contribution in [1.82, 2.24) is 14.5 Å². The van der Waals surface area contributed by atoms with Crippen LogP contribution in [0.1, 0.15) is 11.5 Å². The smallest absolute Gasteiger partial charge is 0.204 e. The van der Waals surface area contributed by atoms with E-state index < -0.39 is 10.8 Å². The van der Waals surface area contributed by atoms with Gasteiger partial charge in [0, 0.05) is 48.1 Å². The summed E-state index contributed by atoms with van der Waals surface area (Å²) in [6.45, 7) is 0. The van der Waals surface area contributed by atoms with Crippen molar-refractivity contribution in [3.63, 3.8) is 0 Å². The van der Waals surface area contributed by atoms with Gasteiger partial charge in [0.2, 0.25) is 5.13 Å². The molecule has 0 fully saturated rings. The Morgan fingerprint density at radius 3 is 2.70 bits per heavy atom. The Morgan fingerprint density at radius 2 is 2.00 bits per heavy atom. The molecular formula is C15H16N4O2S2. The van der Waals surface area contributed by atoms with Crippen LogP contribution in [0.2, 0.25) is 0 Å². The normalized spacial score (nSPS) is 12.3. The molecule has 2 aromatic heterocycles. The molecule has 8 heteroatoms. The van der Waals surface area contributed by atoms with Crippen LogP contribution in [0, 0.1) is 0 Å². The van der Waals surface area contributed by atoms with Gasteiger partial charge in [-0.2, -0.15) is 4.37 Å². The van der Waals surface area contributed by atoms with Gasteiger partial charge >= 0.3 is 0 Å². The Hall–Kier alpha value is -2.06. The average Bonchev–Trinajstić information content (AvgIpc) is 3.18. The third-order valence-electron chi connectivity index (χ3n) is 3.06. The van der Waals surface area contributed by atoms with E-state index in [2.05, 4.69) is 14.5 Å². The lowest BCUT2D eigenvalue weighted by Gasteiger charge is -2.04. The fourth-order valence-corrected chi connectivity index (χ4v) is 3.63. The Morgan fingerprint density at radius 1 is 1.22 bits per heavy atom. The molecule has 3 rings (SSSR count). The van der Waals surface area contributed by atoms with Gasteiger partial charge in [-0.05, 0) is 0 Å². The summed E-state index contributed by atoms with van der Waals surface area (Å²) in [5.74, 6) is 1.92. The maximum absolute atomic E-state index is 12.2. The molecule has 0 saturated carbocycles. The van der Waals surface area contributed by atoms with Gasteiger partial charge in [-0.25, -0.2) is 4.98 Å². The SMILES string of the molecule is CN(C)c1nc(CS(=O)Cc2cc(-c3ccccc3)on2)ns1. The highest BCUT2D eigenvalue weighted by Gasteiger charge is 2.13. The van der Waals surface area contributed by atoms with Gasteiger partial charge in [-0.1, -0.05) is 35.5 Å². The summed E-state index contributed by atoms with van der Waals surface area (Å²) in [4.78, 5) is 6.22. The predicted molar refractivity (Wildman–Crippen MR) is 91.7 cm³/mol. The van der Waals surface area contributed by atoms with E-state index in [4.69, 9.17) is 4.52 Å². The second-order valence-electron chi connectivity index (χ2n) is 5.16. The molecule has 0 amide bonds. The van der Waals surface area contributed by atoms with Crippen LogP contribution < -0.4 is 4.90 Å². The van der Waals surface area contributed by atoms with Crippen molar-refractivity contribution in [2.75, 3.05) is 19.0 Å². The molecule has 0 aliphatic rings. The van der Waals surface area contributed by atoms with Crippen LogP contribution in [0.25, 0.3) is 11.3 Å². The second kappa shape index (κ2) is 7.01. The highest BCUT2D eigenvalue weighted by Crippen LogP contribution is 2.21. The van der Waals surface area contributed by atoms with Gasteiger partial charge in [0.05, 0.1) is 17.2 Å². The van der Waals surface area contributed by atoms with Crippen LogP contribution in [0.15, 0.2) is 40.9 Å². The lowest BCUT2D eigenvalue weighted by Crippen LogP contribution is -2.08. The van der Waals surface area contributed by atoms with E-state index in [0.29, 0.717) is 28.8 Å². The average molecular weight is 348 g/mol. The zero-order chi connectivity index (χ0) is 16.2. The molecule has 1 unspecified atom stereocenters. The molecule has 2 heterocycles. The maximum atomic E-state index is 12.2. The lowest BCUT2D eigenvalue weighted by atomic mass is 10.2. The van der Waals surface area contributed by atoms with Crippen molar-refractivity contribution in [1.29, 1.82) is 0 Å². The third-order valence-corrected chi connectivity index (χ3v) is 5.18. The molecule has 23 heavy (non-hydrogen) atoms. The first-order chi connectivity index (χ1) is 11.1. The summed E-state index contributed by atoms with van der Waals surface area (Å²) in [6, 6.07) is 11.5. The largest absolute Gasteiger partial charge is 0.356 e. The summed E-state index contributed by atoms with van der Waals surface area (Å²) in [7, 11) is 2.68. The van der Waals surface area contributed by atoms with Crippen LogP contribution in [0.3, 0.4) is 0 Å². The number of nitrogens with zero attached hydrogens (tertiary/aromatic N) is 4. The highest BCUT2D eigenvalue weighted by atomic mass is 32.2. The van der Waals surface area contributed by atoms with Crippen molar-refractivity contribution in [3.8, 4) is 11.3 Å². The fourth-order valence-electron chi connectivity index (χ4n) is 1.96. The van der Waals surface area contributed by atoms with Crippen molar-refractivity contribution in [3.05, 3.63) is 47.9 Å². The molecule has 1 atom stereocenters. The minimum Gasteiger partial charge on any atom is -0.356 e. The first-order valence-corrected chi connectivity index (χ1v) is 9.24. The van der Waals surface area contributed by atoms with Crippen LogP contribution in [-0.2, 0) is 22.3 Å². The van der Waals surface area contributed by atoms with Crippen molar-refractivity contribution in [2.45, 2.75) is 11.5 Å². The number of rotatable bonds is 6. The minimum atomic E-state index is -1.12. The molecule has 6 nitrogen and oxygen atoms in total. The van der Waals surface area contributed by atoms with E-state index in [1.807, 2.05) is 55.4 Å². The summed E-state index contributed by atoms with van der Waals surface area (Å²) in [5.41, 5.74) is 1.62. The molecule has 0 saturated heterocycles. The van der Waals surface area contributed by atoms with Crippen molar-refractivity contribution in [2.24, 2.45) is 0 Å². The number of hydrogen-bond acceptors (Lipinski definition) is 7. The van der Waals surface area contributed by atoms with Gasteiger partial charge < -0.3 is 9.42 Å². The molecule has 120 valence electrons. The van der Waals surface area contributed by atoms with Gasteiger partial charge in [0.15, 0.2) is 11.6 Å². The van der Waals surface area contributed by atoms with E-state index in [1.54, 1.807) is 0 Å². The Kier molecular flexibility index (Phi) is 4.82. The molecule has 1 aromatic carbocycles. The quantitative estimate of drug-likeness (QED) is 0.682. The summed E-state index contributed by atoms with van der Waals surface area (Å²) >= 11 is 1.30. The third kappa shape index (κ3) is 4.02. The van der Waals surface area contributed by atoms with Crippen LogP contribution >= 0.6 is 11.5 Å². The second-order valence-corrected chi connectivity index (χ2v) is 7.35. The number of hydrogen-bond donors (Lipinski definition) is 0. The molecule has 0 radical (unpaired) electrons. The van der Waals surface area contributed by atoms with E-state index in [1.165, 1.54) is 11.5 Å². The lowest BCUT2D eigenvalue weighted by molar-refractivity contribution is 0.426. The zero-order valence-corrected chi connectivity index (χ0v) is 14.4. The van der Waals surface area contributed by atoms with Crippen LogP contribution in [0.4, 0.5) is 5.13 Å². The number of anilines is 1. The monoisotopic (exact) mass is 348 g/mol. The molecule has 3 aromatic rings. The van der Waals surface area contributed by atoms with Crippen molar-refractivity contribution < 1.29 is 8.73 Å². The van der Waals surface area contributed by atoms with Gasteiger partial charge in [0.1, 0.15) is 0 Å². The number of aromatic nitrogens is 3. The molecular weight excluding hydrogens is 332 g/mol. The Bertz CT molecular complexity index is 799. The molecule has 0 N–H and O–H groups in total. The summed E-state index contributed by atoms with van der Waals surface area (Å²) in [6.07, 6.45) is 0. The van der Waals surface area contributed by atoms with Crippen LogP contribution in [-0.4, -0.2) is 32.8 Å². The molecule has 0 aliphatic heterocycles. The van der Waals surface area contributed by atoms with E-state index in [0.717, 1.165) is 10.7 Å². The molecule has 0 spiro atoms. The molecule has 0 bridgehead atoms. The topological polar surface area (TPSA) is 72.1 Å². The number of benzene rings is 1. The zero-order valence-electron chi connectivity index (χ0n) is 12.8. The maximum Gasteiger partial charge on any atom is 0.204 e. The predicted octanol–water partition coefficient (Wildman–Crippen LogP) is 2.71. The van der Waals surface area contributed by atoms with E-state index >= 15 is 0 Å². The van der Waals surface area contributed by atoms with Crippen molar-refractivity contribution >= 4 is 27.5 Å². The Labute approximate surface area is 140 Å². The summed E-state index contributed by atoms with van der Waals surface area (Å²) in [5, 5.41) is 4.80.